The van der Waals surface area contributed by atoms with Gasteiger partial charge in [-0.1, -0.05) is 42.5 Å². The van der Waals surface area contributed by atoms with E-state index in [2.05, 4.69) is 78.4 Å². The van der Waals surface area contributed by atoms with Crippen LogP contribution < -0.4 is 4.74 Å². The topological polar surface area (TPSA) is 69.5 Å². The zero-order chi connectivity index (χ0) is 31.2. The lowest BCUT2D eigenvalue weighted by molar-refractivity contribution is -0.151. The SMILES string of the molecule is CC[C@@H]1CN(Cc2cc(C(c3ccc4c(nnn4C)c3C)C(C)(C)C(=O)OC)ccc2C)Cc2c(ccc3c2CCCC3)O1. The molecule has 2 heterocycles. The summed E-state index contributed by atoms with van der Waals surface area (Å²) in [6.45, 7) is 13.0. The van der Waals surface area contributed by atoms with E-state index in [4.69, 9.17) is 9.47 Å². The second-order valence-electron chi connectivity index (χ2n) is 13.4. The van der Waals surface area contributed by atoms with Gasteiger partial charge in [0.1, 0.15) is 17.4 Å². The minimum atomic E-state index is -0.816. The van der Waals surface area contributed by atoms with Gasteiger partial charge >= 0.3 is 5.97 Å². The Morgan fingerprint density at radius 1 is 1.09 bits per heavy atom. The number of hydrogen-bond acceptors (Lipinski definition) is 6. The third-order valence-electron chi connectivity index (χ3n) is 10.1. The van der Waals surface area contributed by atoms with Gasteiger partial charge in [0.15, 0.2) is 0 Å². The Kier molecular flexibility index (Phi) is 8.27. The third-order valence-corrected chi connectivity index (χ3v) is 10.1. The third kappa shape index (κ3) is 5.40. The van der Waals surface area contributed by atoms with Crippen molar-refractivity contribution < 1.29 is 14.3 Å². The summed E-state index contributed by atoms with van der Waals surface area (Å²) in [7, 11) is 3.38. The van der Waals surface area contributed by atoms with Crippen LogP contribution in [0.2, 0.25) is 0 Å². The zero-order valence-electron chi connectivity index (χ0n) is 27.4. The molecule has 1 aliphatic carbocycles. The molecular weight excluding hydrogens is 548 g/mol. The number of esters is 1. The second-order valence-corrected chi connectivity index (χ2v) is 13.4. The highest BCUT2D eigenvalue weighted by molar-refractivity contribution is 5.82. The lowest BCUT2D eigenvalue weighted by atomic mass is 9.69. The molecule has 44 heavy (non-hydrogen) atoms. The van der Waals surface area contributed by atoms with E-state index in [9.17, 15) is 4.79 Å². The number of carbonyl (C=O) groups is 1. The summed E-state index contributed by atoms with van der Waals surface area (Å²) in [5, 5.41) is 8.72. The molecule has 0 fully saturated rings. The summed E-state index contributed by atoms with van der Waals surface area (Å²) in [5.41, 5.74) is 11.1. The molecule has 2 aliphatic rings. The van der Waals surface area contributed by atoms with Crippen molar-refractivity contribution in [2.75, 3.05) is 13.7 Å². The maximum Gasteiger partial charge on any atom is 0.312 e. The quantitative estimate of drug-likeness (QED) is 0.215. The Morgan fingerprint density at radius 3 is 2.66 bits per heavy atom. The van der Waals surface area contributed by atoms with Crippen LogP contribution in [0.4, 0.5) is 0 Å². The lowest BCUT2D eigenvalue weighted by Crippen LogP contribution is -2.34. The van der Waals surface area contributed by atoms with E-state index in [0.29, 0.717) is 0 Å². The molecule has 0 spiro atoms. The van der Waals surface area contributed by atoms with E-state index in [1.54, 1.807) is 4.68 Å². The van der Waals surface area contributed by atoms with Crippen molar-refractivity contribution in [1.82, 2.24) is 19.9 Å². The maximum absolute atomic E-state index is 13.3. The molecule has 0 saturated carbocycles. The number of hydrogen-bond donors (Lipinski definition) is 0. The smallest absolute Gasteiger partial charge is 0.312 e. The van der Waals surface area contributed by atoms with E-state index in [1.807, 2.05) is 20.9 Å². The molecular formula is C37H46N4O3. The minimum Gasteiger partial charge on any atom is -0.489 e. The fraction of sp³-hybridized carbons (Fsp3) is 0.486. The number of aryl methyl sites for hydroxylation is 4. The van der Waals surface area contributed by atoms with Crippen molar-refractivity contribution >= 4 is 17.0 Å². The number of rotatable bonds is 7. The molecule has 7 nitrogen and oxygen atoms in total. The van der Waals surface area contributed by atoms with Crippen LogP contribution in [0.1, 0.15) is 90.5 Å². The monoisotopic (exact) mass is 594 g/mol. The van der Waals surface area contributed by atoms with E-state index in [0.717, 1.165) is 72.4 Å². The molecule has 7 heteroatoms. The Morgan fingerprint density at radius 2 is 1.89 bits per heavy atom. The van der Waals surface area contributed by atoms with Gasteiger partial charge < -0.3 is 9.47 Å². The van der Waals surface area contributed by atoms with Crippen LogP contribution >= 0.6 is 0 Å². The maximum atomic E-state index is 13.3. The molecule has 2 atom stereocenters. The number of carbonyl (C=O) groups excluding carboxylic acids is 1. The molecule has 0 bridgehead atoms. The van der Waals surface area contributed by atoms with Gasteiger partial charge in [-0.15, -0.1) is 5.10 Å². The standard InChI is InChI=1S/C37H46N4O3/c1-8-28-21-41(22-31-30-12-10-9-11-25(30)15-18-33(31)44-28)20-27-19-26(14-13-23(27)2)34(37(4,5)36(42)43-7)29-16-17-32-35(24(29)3)38-39-40(32)6/h13-19,28,34H,8-12,20-22H2,1-7H3/t28-,34?/m1/s1. The fourth-order valence-corrected chi connectivity index (χ4v) is 7.50. The van der Waals surface area contributed by atoms with Crippen LogP contribution in [-0.2, 0) is 42.5 Å². The summed E-state index contributed by atoms with van der Waals surface area (Å²) >= 11 is 0. The molecule has 0 N–H and O–H groups in total. The largest absolute Gasteiger partial charge is 0.489 e. The van der Waals surface area contributed by atoms with Crippen molar-refractivity contribution in [3.05, 3.63) is 87.0 Å². The Balaban J connectivity index is 1.41. The van der Waals surface area contributed by atoms with Crippen LogP contribution in [0.25, 0.3) is 11.0 Å². The average Bonchev–Trinajstić information content (AvgIpc) is 3.30. The summed E-state index contributed by atoms with van der Waals surface area (Å²) in [6.07, 6.45) is 5.93. The summed E-state index contributed by atoms with van der Waals surface area (Å²) in [6, 6.07) is 15.4. The number of nitrogens with zero attached hydrogens (tertiary/aromatic N) is 4. The highest BCUT2D eigenvalue weighted by Crippen LogP contribution is 2.45. The first-order chi connectivity index (χ1) is 21.1. The van der Waals surface area contributed by atoms with E-state index >= 15 is 0 Å². The highest BCUT2D eigenvalue weighted by Gasteiger charge is 2.41. The Bertz CT molecular complexity index is 1700. The van der Waals surface area contributed by atoms with Crippen LogP contribution in [0.3, 0.4) is 0 Å². The second kappa shape index (κ2) is 12.0. The highest BCUT2D eigenvalue weighted by atomic mass is 16.5. The van der Waals surface area contributed by atoms with Crippen LogP contribution in [0.15, 0.2) is 42.5 Å². The van der Waals surface area contributed by atoms with Crippen LogP contribution in [-0.4, -0.2) is 45.6 Å². The van der Waals surface area contributed by atoms with Crippen molar-refractivity contribution in [1.29, 1.82) is 0 Å². The normalized spacial score (nSPS) is 17.8. The van der Waals surface area contributed by atoms with E-state index < -0.39 is 5.41 Å². The van der Waals surface area contributed by atoms with E-state index in [1.165, 1.54) is 47.8 Å². The molecule has 1 aromatic heterocycles. The van der Waals surface area contributed by atoms with E-state index in [-0.39, 0.29) is 18.0 Å². The van der Waals surface area contributed by atoms with Gasteiger partial charge in [-0.25, -0.2) is 4.68 Å². The molecule has 6 rings (SSSR count). The number of methoxy groups -OCH3 is 1. The number of aromatic nitrogens is 3. The first-order valence-electron chi connectivity index (χ1n) is 16.1. The first kappa shape index (κ1) is 30.3. The van der Waals surface area contributed by atoms with Crippen molar-refractivity contribution in [3.8, 4) is 5.75 Å². The number of benzene rings is 3. The summed E-state index contributed by atoms with van der Waals surface area (Å²) in [5.74, 6) is 0.602. The fourth-order valence-electron chi connectivity index (χ4n) is 7.50. The zero-order valence-corrected chi connectivity index (χ0v) is 27.4. The lowest BCUT2D eigenvalue weighted by Gasteiger charge is -2.34. The van der Waals surface area contributed by atoms with Gasteiger partial charge in [-0.05, 0) is 111 Å². The molecule has 0 radical (unpaired) electrons. The Labute approximate surface area is 261 Å². The summed E-state index contributed by atoms with van der Waals surface area (Å²) < 4.78 is 13.8. The number of fused-ring (bicyclic) bond motifs is 4. The minimum absolute atomic E-state index is 0.147. The molecule has 3 aromatic carbocycles. The molecule has 1 unspecified atom stereocenters. The Hall–Kier alpha value is -3.71. The summed E-state index contributed by atoms with van der Waals surface area (Å²) in [4.78, 5) is 15.9. The van der Waals surface area contributed by atoms with Gasteiger partial charge in [0.05, 0.1) is 18.0 Å². The van der Waals surface area contributed by atoms with Crippen LogP contribution in [0.5, 0.6) is 5.75 Å². The van der Waals surface area contributed by atoms with Gasteiger partial charge in [0.2, 0.25) is 0 Å². The molecule has 4 aromatic rings. The predicted octanol–water partition coefficient (Wildman–Crippen LogP) is 6.97. The van der Waals surface area contributed by atoms with Gasteiger partial charge in [-0.2, -0.15) is 0 Å². The first-order valence-corrected chi connectivity index (χ1v) is 16.1. The average molecular weight is 595 g/mol. The van der Waals surface area contributed by atoms with Gasteiger partial charge in [-0.3, -0.25) is 9.69 Å². The van der Waals surface area contributed by atoms with Crippen molar-refractivity contribution in [2.24, 2.45) is 12.5 Å². The molecule has 232 valence electrons. The van der Waals surface area contributed by atoms with Gasteiger partial charge in [0.25, 0.3) is 0 Å². The van der Waals surface area contributed by atoms with Crippen molar-refractivity contribution in [2.45, 2.75) is 91.8 Å². The number of ether oxygens (including phenoxy) is 2. The molecule has 0 saturated heterocycles. The van der Waals surface area contributed by atoms with Crippen molar-refractivity contribution in [3.63, 3.8) is 0 Å². The molecule has 1 aliphatic heterocycles. The molecule has 0 amide bonds. The predicted molar refractivity (Wildman–Crippen MR) is 174 cm³/mol. The van der Waals surface area contributed by atoms with Crippen LogP contribution in [0, 0.1) is 19.3 Å². The van der Waals surface area contributed by atoms with Gasteiger partial charge in [0, 0.05) is 38.2 Å².